The average molecular weight is 305 g/mol. The van der Waals surface area contributed by atoms with Gasteiger partial charge in [0.1, 0.15) is 16.4 Å². The van der Waals surface area contributed by atoms with Crippen LogP contribution in [-0.2, 0) is 4.79 Å². The van der Waals surface area contributed by atoms with E-state index < -0.39 is 12.4 Å². The van der Waals surface area contributed by atoms with E-state index in [1.54, 1.807) is 24.3 Å². The van der Waals surface area contributed by atoms with Gasteiger partial charge in [-0.05, 0) is 18.5 Å². The molecule has 0 aliphatic carbocycles. The second-order valence-electron chi connectivity index (χ2n) is 4.34. The topological polar surface area (TPSA) is 73.1 Å². The molecule has 4 nitrogen and oxygen atoms in total. The third-order valence-corrected chi connectivity index (χ3v) is 3.66. The Morgan fingerprint density at radius 2 is 2.20 bits per heavy atom. The van der Waals surface area contributed by atoms with Gasteiger partial charge in [0.2, 0.25) is 0 Å². The molecular weight excluding hydrogens is 294 g/mol. The first-order valence-corrected chi connectivity index (χ1v) is 6.75. The van der Waals surface area contributed by atoms with E-state index in [4.69, 9.17) is 29.1 Å². The number of aliphatic hydroxyl groups is 1. The lowest BCUT2D eigenvalue weighted by molar-refractivity contribution is -0.109. The van der Waals surface area contributed by atoms with E-state index in [0.717, 1.165) is 0 Å². The molecule has 0 unspecified atom stereocenters. The van der Waals surface area contributed by atoms with Crippen molar-refractivity contribution in [3.8, 4) is 5.97 Å². The summed E-state index contributed by atoms with van der Waals surface area (Å²) in [6.45, 7) is -0.758. The van der Waals surface area contributed by atoms with Gasteiger partial charge in [-0.3, -0.25) is 0 Å². The number of nitrogens with zero attached hydrogens (tertiary/aromatic N) is 1. The maximum absolute atomic E-state index is 12.1. The number of nitrogens with one attached hydrogen (secondary N) is 1. The van der Waals surface area contributed by atoms with Crippen molar-refractivity contribution in [1.82, 2.24) is 0 Å². The fraction of sp³-hybridized carbons (Fsp3) is 0.154. The zero-order valence-corrected chi connectivity index (χ0v) is 12.0. The molecule has 0 spiro atoms. The second kappa shape index (κ2) is 6.08. The summed E-state index contributed by atoms with van der Waals surface area (Å²) < 4.78 is 0. The summed E-state index contributed by atoms with van der Waals surface area (Å²) in [4.78, 5) is 12.2. The number of rotatable bonds is 2. The number of anilines is 1. The number of hydrogen-bond donors (Lipinski definition) is 2. The molecule has 2 N–H and O–H groups in total. The molecule has 0 radical (unpaired) electrons. The van der Waals surface area contributed by atoms with Crippen LogP contribution in [-0.4, -0.2) is 22.5 Å². The van der Waals surface area contributed by atoms with Crippen LogP contribution in [0.4, 0.5) is 5.69 Å². The monoisotopic (exact) mass is 304 g/mol. The summed E-state index contributed by atoms with van der Waals surface area (Å²) in [5.41, 5.74) is 0.116. The summed E-state index contributed by atoms with van der Waals surface area (Å²) >= 11 is 11.2. The fourth-order valence-electron chi connectivity index (χ4n) is 1.97. The Hall–Kier alpha value is -1.84. The van der Waals surface area contributed by atoms with Gasteiger partial charge in [0.25, 0.3) is 0 Å². The van der Waals surface area contributed by atoms with Gasteiger partial charge in [-0.15, -0.1) is 0 Å². The molecule has 0 amide bonds. The van der Waals surface area contributed by atoms with Crippen molar-refractivity contribution >= 4 is 46.9 Å². The molecule has 1 aliphatic heterocycles. The Morgan fingerprint density at radius 1 is 1.50 bits per heavy atom. The summed E-state index contributed by atoms with van der Waals surface area (Å²) in [6.07, 6.45) is 0.586. The molecule has 1 aromatic rings. The molecular formula is C13H10BClN2O2S. The molecule has 0 saturated heterocycles. The molecule has 100 valence electrons. The lowest BCUT2D eigenvalue weighted by atomic mass is 9.41. The molecule has 7 heteroatoms. The van der Waals surface area contributed by atoms with Crippen LogP contribution in [0.3, 0.4) is 0 Å². The summed E-state index contributed by atoms with van der Waals surface area (Å²) in [5, 5.41) is 22.1. The number of halogens is 1. The zero-order chi connectivity index (χ0) is 14.7. The Morgan fingerprint density at radius 3 is 2.85 bits per heavy atom. The molecule has 20 heavy (non-hydrogen) atoms. The van der Waals surface area contributed by atoms with Crippen LogP contribution < -0.4 is 5.32 Å². The Kier molecular flexibility index (Phi) is 4.43. The van der Waals surface area contributed by atoms with E-state index in [-0.39, 0.29) is 22.7 Å². The van der Waals surface area contributed by atoms with Crippen molar-refractivity contribution < 1.29 is 9.90 Å². The quantitative estimate of drug-likeness (QED) is 0.649. The number of para-hydroxylation sites is 1. The maximum Gasteiger partial charge on any atom is 0.351 e. The largest absolute Gasteiger partial charge is 0.512 e. The van der Waals surface area contributed by atoms with Crippen LogP contribution >= 0.6 is 23.8 Å². The van der Waals surface area contributed by atoms with Crippen molar-refractivity contribution in [3.63, 3.8) is 0 Å². The summed E-state index contributed by atoms with van der Waals surface area (Å²) in [5.74, 6) is 1.85. The van der Waals surface area contributed by atoms with E-state index in [2.05, 4.69) is 5.32 Å². The minimum atomic E-state index is -0.758. The van der Waals surface area contributed by atoms with Crippen LogP contribution in [0.2, 0.25) is 11.3 Å². The first-order valence-electron chi connectivity index (χ1n) is 5.96. The van der Waals surface area contributed by atoms with Gasteiger partial charge in [-0.2, -0.15) is 0 Å². The predicted octanol–water partition coefficient (Wildman–Crippen LogP) is 2.96. The Balaban J connectivity index is 2.27. The van der Waals surface area contributed by atoms with Crippen LogP contribution in [0.5, 0.6) is 0 Å². The van der Waals surface area contributed by atoms with Crippen LogP contribution in [0.15, 0.2) is 35.6 Å². The first kappa shape index (κ1) is 14.6. The Bertz CT molecular complexity index is 654. The molecule has 0 fully saturated rings. The highest BCUT2D eigenvalue weighted by molar-refractivity contribution is 7.81. The lowest BCUT2D eigenvalue weighted by Crippen LogP contribution is -2.35. The minimum absolute atomic E-state index is 0.0118. The maximum atomic E-state index is 12.1. The number of nitriles is 1. The van der Waals surface area contributed by atoms with E-state index in [9.17, 15) is 9.90 Å². The standard InChI is InChI=1S/C13H10BClN2O2S/c15-8-3-1-2-4-9(8)17-13(20)11-10(18)5-6-14(7-16)12(11)19/h1-4,18H,5-6H2,(H,17,20). The van der Waals surface area contributed by atoms with Gasteiger partial charge < -0.3 is 15.2 Å². The van der Waals surface area contributed by atoms with Gasteiger partial charge in [-0.1, -0.05) is 36.0 Å². The van der Waals surface area contributed by atoms with Crippen molar-refractivity contribution in [2.24, 2.45) is 0 Å². The zero-order valence-electron chi connectivity index (χ0n) is 10.4. The van der Waals surface area contributed by atoms with Gasteiger partial charge >= 0.3 is 6.71 Å². The van der Waals surface area contributed by atoms with Gasteiger partial charge in [0.05, 0.1) is 16.3 Å². The van der Waals surface area contributed by atoms with Crippen molar-refractivity contribution in [3.05, 3.63) is 40.6 Å². The molecule has 0 aromatic heterocycles. The normalized spacial score (nSPS) is 15.0. The van der Waals surface area contributed by atoms with E-state index in [1.165, 1.54) is 0 Å². The molecule has 0 atom stereocenters. The molecule has 1 aromatic carbocycles. The third kappa shape index (κ3) is 2.84. The number of carbonyl (C=O) groups excluding carboxylic acids is 1. The van der Waals surface area contributed by atoms with Gasteiger partial charge in [-0.25, -0.2) is 5.26 Å². The van der Waals surface area contributed by atoms with E-state index >= 15 is 0 Å². The van der Waals surface area contributed by atoms with Crippen LogP contribution in [0.1, 0.15) is 6.42 Å². The van der Waals surface area contributed by atoms with E-state index in [0.29, 0.717) is 17.0 Å². The Labute approximate surface area is 127 Å². The van der Waals surface area contributed by atoms with Crippen molar-refractivity contribution in [2.45, 2.75) is 12.7 Å². The van der Waals surface area contributed by atoms with Gasteiger partial charge in [0.15, 0.2) is 0 Å². The SMILES string of the molecule is N#CB1CCC(O)=C(C(=S)Nc2ccccc2Cl)C1=O. The van der Waals surface area contributed by atoms with Crippen LogP contribution in [0, 0.1) is 11.2 Å². The van der Waals surface area contributed by atoms with Crippen molar-refractivity contribution in [1.29, 1.82) is 5.26 Å². The van der Waals surface area contributed by atoms with Crippen molar-refractivity contribution in [2.75, 3.05) is 5.32 Å². The number of benzene rings is 1. The molecule has 0 bridgehead atoms. The van der Waals surface area contributed by atoms with Gasteiger partial charge in [0, 0.05) is 12.4 Å². The lowest BCUT2D eigenvalue weighted by Gasteiger charge is -2.19. The first-order chi connectivity index (χ1) is 9.54. The third-order valence-electron chi connectivity index (χ3n) is 3.03. The van der Waals surface area contributed by atoms with E-state index in [1.807, 2.05) is 5.97 Å². The number of hydrogen-bond acceptors (Lipinski definition) is 4. The molecule has 1 heterocycles. The van der Waals surface area contributed by atoms with Crippen LogP contribution in [0.25, 0.3) is 0 Å². The summed E-state index contributed by atoms with van der Waals surface area (Å²) in [6, 6.07) is 6.93. The molecule has 2 rings (SSSR count). The minimum Gasteiger partial charge on any atom is -0.512 e. The number of allylic oxidation sites excluding steroid dienone is 1. The molecule has 1 aliphatic rings. The highest BCUT2D eigenvalue weighted by Gasteiger charge is 2.35. The average Bonchev–Trinajstić information content (AvgIpc) is 2.42. The molecule has 0 saturated carbocycles. The number of thiocarbonyl (C=S) groups is 1. The number of aliphatic hydroxyl groups excluding tert-OH is 1. The smallest absolute Gasteiger partial charge is 0.351 e. The highest BCUT2D eigenvalue weighted by atomic mass is 35.5. The summed E-state index contributed by atoms with van der Waals surface area (Å²) in [7, 11) is 0. The predicted molar refractivity (Wildman–Crippen MR) is 83.1 cm³/mol. The number of carbonyl (C=O) groups is 1. The fourth-order valence-corrected chi connectivity index (χ4v) is 2.48. The second-order valence-corrected chi connectivity index (χ2v) is 5.16. The highest BCUT2D eigenvalue weighted by Crippen LogP contribution is 2.25.